The lowest BCUT2D eigenvalue weighted by Crippen LogP contribution is -2.14. The summed E-state index contributed by atoms with van der Waals surface area (Å²) in [4.78, 5) is 22.0. The number of aromatic amines is 1. The summed E-state index contributed by atoms with van der Waals surface area (Å²) in [5.74, 6) is -0.0119. The number of aromatic nitrogens is 4. The molecule has 5 N–H and O–H groups in total. The van der Waals surface area contributed by atoms with Gasteiger partial charge < -0.3 is 15.9 Å². The van der Waals surface area contributed by atoms with E-state index < -0.39 is 6.10 Å². The number of nitrogens with two attached hydrogens (primary N) is 1. The number of nitrogen functional groups attached to an aromatic ring is 1. The zero-order valence-electron chi connectivity index (χ0n) is 9.95. The van der Waals surface area contributed by atoms with Crippen LogP contribution in [0.15, 0.2) is 16.7 Å². The van der Waals surface area contributed by atoms with Crippen molar-refractivity contribution in [1.29, 1.82) is 0 Å². The Bertz CT molecular complexity index is 717. The van der Waals surface area contributed by atoms with Crippen LogP contribution in [0.3, 0.4) is 0 Å². The Morgan fingerprint density at radius 1 is 1.68 bits per heavy atom. The summed E-state index contributed by atoms with van der Waals surface area (Å²) in [7, 11) is 0. The minimum absolute atomic E-state index is 0.0281. The lowest BCUT2D eigenvalue weighted by molar-refractivity contribution is 0.0815. The van der Waals surface area contributed by atoms with E-state index >= 15 is 0 Å². The molecule has 2 aromatic rings. The van der Waals surface area contributed by atoms with E-state index in [1.807, 2.05) is 0 Å². The average Bonchev–Trinajstić information content (AvgIpc) is 3.02. The van der Waals surface area contributed by atoms with E-state index in [0.717, 1.165) is 5.57 Å². The van der Waals surface area contributed by atoms with Crippen molar-refractivity contribution in [3.05, 3.63) is 22.3 Å². The number of fused-ring (bicyclic) bond motifs is 1. The number of nitrogens with one attached hydrogen (secondary N) is 1. The van der Waals surface area contributed by atoms with Gasteiger partial charge in [-0.25, -0.2) is 4.98 Å². The maximum absolute atomic E-state index is 11.6. The van der Waals surface area contributed by atoms with Gasteiger partial charge >= 0.3 is 0 Å². The van der Waals surface area contributed by atoms with E-state index in [-0.39, 0.29) is 29.5 Å². The molecule has 3 rings (SSSR count). The SMILES string of the molecule is Nc1nc2c(ncn2/C=C2/C[C@@H]2[C@H](O)CO)c(=O)[nH]1. The lowest BCUT2D eigenvalue weighted by atomic mass is 10.2. The second-order valence-corrected chi connectivity index (χ2v) is 4.54. The molecule has 0 aromatic carbocycles. The molecule has 2 heterocycles. The summed E-state index contributed by atoms with van der Waals surface area (Å²) < 4.78 is 1.60. The van der Waals surface area contributed by atoms with E-state index in [0.29, 0.717) is 12.1 Å². The lowest BCUT2D eigenvalue weighted by Gasteiger charge is -2.01. The van der Waals surface area contributed by atoms with Gasteiger partial charge in [-0.1, -0.05) is 0 Å². The van der Waals surface area contributed by atoms with Gasteiger partial charge in [0.1, 0.15) is 6.33 Å². The highest BCUT2D eigenvalue weighted by molar-refractivity contribution is 5.73. The van der Waals surface area contributed by atoms with Gasteiger partial charge in [0.25, 0.3) is 5.56 Å². The molecule has 2 aromatic heterocycles. The van der Waals surface area contributed by atoms with Crippen LogP contribution >= 0.6 is 0 Å². The molecule has 0 bridgehead atoms. The predicted molar refractivity (Wildman–Crippen MR) is 68.0 cm³/mol. The number of aliphatic hydroxyl groups is 2. The zero-order valence-corrected chi connectivity index (χ0v) is 9.95. The van der Waals surface area contributed by atoms with E-state index in [1.54, 1.807) is 10.8 Å². The number of anilines is 1. The Labute approximate surface area is 107 Å². The van der Waals surface area contributed by atoms with E-state index in [2.05, 4.69) is 15.0 Å². The van der Waals surface area contributed by atoms with Crippen molar-refractivity contribution in [3.63, 3.8) is 0 Å². The third kappa shape index (κ3) is 2.00. The Morgan fingerprint density at radius 3 is 3.21 bits per heavy atom. The summed E-state index contributed by atoms with van der Waals surface area (Å²) in [5, 5.41) is 18.4. The van der Waals surface area contributed by atoms with Crippen LogP contribution in [0.25, 0.3) is 17.4 Å². The predicted octanol–water partition coefficient (Wildman–Crippen LogP) is -1.08. The fourth-order valence-electron chi connectivity index (χ4n) is 2.07. The smallest absolute Gasteiger partial charge is 0.280 e. The van der Waals surface area contributed by atoms with Crippen LogP contribution in [0.4, 0.5) is 5.95 Å². The van der Waals surface area contributed by atoms with Crippen LogP contribution in [-0.2, 0) is 0 Å². The monoisotopic (exact) mass is 263 g/mol. The molecule has 19 heavy (non-hydrogen) atoms. The first-order chi connectivity index (χ1) is 9.10. The number of rotatable bonds is 3. The summed E-state index contributed by atoms with van der Waals surface area (Å²) in [6, 6.07) is 0. The number of nitrogens with zero attached hydrogens (tertiary/aromatic N) is 3. The fraction of sp³-hybridized carbons (Fsp3) is 0.364. The van der Waals surface area contributed by atoms with Crippen molar-refractivity contribution in [2.24, 2.45) is 5.92 Å². The van der Waals surface area contributed by atoms with E-state index in [9.17, 15) is 9.90 Å². The van der Waals surface area contributed by atoms with Gasteiger partial charge in [-0.2, -0.15) is 4.98 Å². The maximum atomic E-state index is 11.6. The molecule has 1 aliphatic rings. The molecule has 1 aliphatic carbocycles. The van der Waals surface area contributed by atoms with Crippen molar-refractivity contribution < 1.29 is 10.2 Å². The molecule has 2 atom stereocenters. The summed E-state index contributed by atoms with van der Waals surface area (Å²) in [6.07, 6.45) is 3.19. The van der Waals surface area contributed by atoms with Crippen LogP contribution in [0, 0.1) is 5.92 Å². The Balaban J connectivity index is 2.00. The molecule has 0 saturated heterocycles. The number of imidazole rings is 1. The van der Waals surface area contributed by atoms with Crippen molar-refractivity contribution in [2.75, 3.05) is 12.3 Å². The van der Waals surface area contributed by atoms with Gasteiger partial charge in [-0.15, -0.1) is 0 Å². The third-order valence-corrected chi connectivity index (χ3v) is 3.18. The van der Waals surface area contributed by atoms with Gasteiger partial charge in [-0.3, -0.25) is 14.3 Å². The molecule has 8 nitrogen and oxygen atoms in total. The van der Waals surface area contributed by atoms with Gasteiger partial charge in [-0.05, 0) is 12.0 Å². The minimum atomic E-state index is -0.748. The number of hydrogen-bond acceptors (Lipinski definition) is 6. The molecular formula is C11H13N5O3. The van der Waals surface area contributed by atoms with Crippen molar-refractivity contribution in [3.8, 4) is 0 Å². The molecule has 0 spiro atoms. The summed E-state index contributed by atoms with van der Waals surface area (Å²) in [5.41, 5.74) is 6.67. The van der Waals surface area contributed by atoms with Crippen molar-refractivity contribution in [1.82, 2.24) is 19.5 Å². The van der Waals surface area contributed by atoms with Crippen LogP contribution in [0.2, 0.25) is 0 Å². The number of aliphatic hydroxyl groups excluding tert-OH is 2. The normalized spacial score (nSPS) is 22.0. The molecule has 0 radical (unpaired) electrons. The van der Waals surface area contributed by atoms with Crippen LogP contribution in [0.1, 0.15) is 6.42 Å². The second kappa shape index (κ2) is 4.18. The first-order valence-corrected chi connectivity index (χ1v) is 5.82. The average molecular weight is 263 g/mol. The molecular weight excluding hydrogens is 250 g/mol. The largest absolute Gasteiger partial charge is 0.394 e. The number of hydrogen-bond donors (Lipinski definition) is 4. The van der Waals surface area contributed by atoms with E-state index in [4.69, 9.17) is 10.8 Å². The highest BCUT2D eigenvalue weighted by Gasteiger charge is 2.36. The molecule has 1 fully saturated rings. The molecule has 8 heteroatoms. The van der Waals surface area contributed by atoms with Crippen molar-refractivity contribution in [2.45, 2.75) is 12.5 Å². The summed E-state index contributed by atoms with van der Waals surface area (Å²) >= 11 is 0. The van der Waals surface area contributed by atoms with E-state index in [1.165, 1.54) is 6.33 Å². The van der Waals surface area contributed by atoms with Crippen LogP contribution < -0.4 is 11.3 Å². The molecule has 0 amide bonds. The van der Waals surface area contributed by atoms with Crippen molar-refractivity contribution >= 4 is 23.3 Å². The molecule has 100 valence electrons. The highest BCUT2D eigenvalue weighted by Crippen LogP contribution is 2.41. The minimum Gasteiger partial charge on any atom is -0.394 e. The summed E-state index contributed by atoms with van der Waals surface area (Å²) in [6.45, 7) is -0.266. The van der Waals surface area contributed by atoms with Gasteiger partial charge in [0.15, 0.2) is 11.2 Å². The standard InChI is InChI=1S/C11H13N5O3/c12-11-14-9-8(10(19)15-11)13-4-16(9)2-5-1-6(5)7(18)3-17/h2,4,6-7,17-18H,1,3H2,(H3,12,14,15,19)/b5-2-/t6-,7+/m0/s1. The number of H-pyrrole nitrogens is 1. The van der Waals surface area contributed by atoms with Gasteiger partial charge in [0.05, 0.1) is 12.7 Å². The third-order valence-electron chi connectivity index (χ3n) is 3.18. The zero-order chi connectivity index (χ0) is 13.6. The van der Waals surface area contributed by atoms with Crippen LogP contribution in [0.5, 0.6) is 0 Å². The maximum Gasteiger partial charge on any atom is 0.280 e. The second-order valence-electron chi connectivity index (χ2n) is 4.54. The molecule has 0 aliphatic heterocycles. The molecule has 1 saturated carbocycles. The Morgan fingerprint density at radius 2 is 2.47 bits per heavy atom. The van der Waals surface area contributed by atoms with Gasteiger partial charge in [0, 0.05) is 12.1 Å². The highest BCUT2D eigenvalue weighted by atomic mass is 16.3. The first kappa shape index (κ1) is 11.9. The quantitative estimate of drug-likeness (QED) is 0.557. The molecule has 0 unspecified atom stereocenters. The Kier molecular flexibility index (Phi) is 2.61. The van der Waals surface area contributed by atoms with Crippen LogP contribution in [-0.4, -0.2) is 42.4 Å². The first-order valence-electron chi connectivity index (χ1n) is 5.82. The topological polar surface area (TPSA) is 130 Å². The van der Waals surface area contributed by atoms with Gasteiger partial charge in [0.2, 0.25) is 5.95 Å². The Hall–Kier alpha value is -2.19. The fourth-order valence-corrected chi connectivity index (χ4v) is 2.07.